The third kappa shape index (κ3) is 4.03. The van der Waals surface area contributed by atoms with E-state index in [9.17, 15) is 24.8 Å². The summed E-state index contributed by atoms with van der Waals surface area (Å²) in [5.74, 6) is -1.04. The molecule has 130 valence electrons. The summed E-state index contributed by atoms with van der Waals surface area (Å²) in [6.07, 6.45) is 2.14. The van der Waals surface area contributed by atoms with Gasteiger partial charge >= 0.3 is 5.97 Å². The predicted molar refractivity (Wildman–Crippen MR) is 88.0 cm³/mol. The Labute approximate surface area is 144 Å². The van der Waals surface area contributed by atoms with Gasteiger partial charge < -0.3 is 10.4 Å². The van der Waals surface area contributed by atoms with Gasteiger partial charge in [0.25, 0.3) is 5.69 Å². The quantitative estimate of drug-likeness (QED) is 0.624. The molecular weight excluding hydrogens is 336 g/mol. The van der Waals surface area contributed by atoms with E-state index in [4.69, 9.17) is 11.6 Å². The summed E-state index contributed by atoms with van der Waals surface area (Å²) >= 11 is 5.98. The highest BCUT2D eigenvalue weighted by atomic mass is 35.5. The monoisotopic (exact) mass is 354 g/mol. The van der Waals surface area contributed by atoms with E-state index in [2.05, 4.69) is 12.2 Å². The maximum absolute atomic E-state index is 12.3. The van der Waals surface area contributed by atoms with Gasteiger partial charge in [0.05, 0.1) is 16.4 Å². The Morgan fingerprint density at radius 1 is 1.42 bits per heavy atom. The van der Waals surface area contributed by atoms with Gasteiger partial charge in [-0.2, -0.15) is 0 Å². The smallest absolute Gasteiger partial charge is 0.329 e. The average molecular weight is 355 g/mol. The third-order valence-corrected chi connectivity index (χ3v) is 4.87. The number of nitrogens with one attached hydrogen (secondary N) is 1. The number of nitro groups is 1. The van der Waals surface area contributed by atoms with Crippen molar-refractivity contribution in [3.8, 4) is 0 Å². The molecule has 1 aliphatic rings. The van der Waals surface area contributed by atoms with Crippen LogP contribution >= 0.6 is 11.6 Å². The van der Waals surface area contributed by atoms with Crippen molar-refractivity contribution in [2.24, 2.45) is 5.92 Å². The minimum Gasteiger partial charge on any atom is -0.480 e. The van der Waals surface area contributed by atoms with Crippen LogP contribution in [0.4, 0.5) is 5.69 Å². The normalized spacial score (nSPS) is 23.5. The first-order chi connectivity index (χ1) is 11.2. The van der Waals surface area contributed by atoms with Crippen LogP contribution in [-0.4, -0.2) is 27.4 Å². The lowest BCUT2D eigenvalue weighted by atomic mass is 9.77. The van der Waals surface area contributed by atoms with Crippen LogP contribution in [0.5, 0.6) is 0 Å². The van der Waals surface area contributed by atoms with E-state index in [0.717, 1.165) is 12.8 Å². The fraction of sp³-hybridized carbons (Fsp3) is 0.500. The van der Waals surface area contributed by atoms with Crippen molar-refractivity contribution >= 4 is 29.2 Å². The molecule has 1 amide bonds. The van der Waals surface area contributed by atoms with Gasteiger partial charge in [0.15, 0.2) is 0 Å². The van der Waals surface area contributed by atoms with Gasteiger partial charge in [-0.1, -0.05) is 24.6 Å². The number of rotatable bonds is 5. The van der Waals surface area contributed by atoms with Crippen LogP contribution in [0.3, 0.4) is 0 Å². The first kappa shape index (κ1) is 18.2. The number of benzene rings is 1. The predicted octanol–water partition coefficient (Wildman–Crippen LogP) is 2.94. The van der Waals surface area contributed by atoms with Gasteiger partial charge in [0.2, 0.25) is 5.91 Å². The van der Waals surface area contributed by atoms with Gasteiger partial charge in [-0.25, -0.2) is 4.79 Å². The Morgan fingerprint density at radius 3 is 2.54 bits per heavy atom. The lowest BCUT2D eigenvalue weighted by molar-refractivity contribution is -0.384. The van der Waals surface area contributed by atoms with Crippen molar-refractivity contribution in [1.29, 1.82) is 0 Å². The number of nitro benzene ring substituents is 1. The highest BCUT2D eigenvalue weighted by Crippen LogP contribution is 2.32. The number of carbonyl (C=O) groups is 2. The molecule has 0 saturated heterocycles. The number of nitrogens with zero attached hydrogens (tertiary/aromatic N) is 1. The maximum atomic E-state index is 12.3. The topological polar surface area (TPSA) is 110 Å². The van der Waals surface area contributed by atoms with Crippen molar-refractivity contribution in [3.63, 3.8) is 0 Å². The van der Waals surface area contributed by atoms with E-state index in [1.807, 2.05) is 0 Å². The molecule has 0 aromatic heterocycles. The van der Waals surface area contributed by atoms with Crippen LogP contribution < -0.4 is 5.32 Å². The van der Waals surface area contributed by atoms with Crippen LogP contribution in [0, 0.1) is 16.0 Å². The molecule has 0 aliphatic heterocycles. The highest BCUT2D eigenvalue weighted by molar-refractivity contribution is 6.31. The van der Waals surface area contributed by atoms with E-state index in [-0.39, 0.29) is 17.1 Å². The van der Waals surface area contributed by atoms with Crippen LogP contribution in [-0.2, 0) is 16.0 Å². The number of non-ortho nitro benzene ring substituents is 1. The van der Waals surface area contributed by atoms with Crippen molar-refractivity contribution in [2.45, 2.75) is 44.6 Å². The van der Waals surface area contributed by atoms with E-state index in [0.29, 0.717) is 24.3 Å². The second-order valence-corrected chi connectivity index (χ2v) is 6.73. The summed E-state index contributed by atoms with van der Waals surface area (Å²) in [6.45, 7) is 2.06. The lowest BCUT2D eigenvalue weighted by Crippen LogP contribution is -2.56. The maximum Gasteiger partial charge on any atom is 0.329 e. The molecule has 0 heterocycles. The van der Waals surface area contributed by atoms with Gasteiger partial charge in [-0.15, -0.1) is 0 Å². The number of carboxylic acids is 1. The Kier molecular flexibility index (Phi) is 5.43. The number of carbonyl (C=O) groups excluding carboxylic acids is 1. The molecular formula is C16H19ClN2O5. The van der Waals surface area contributed by atoms with Crippen LogP contribution in [0.15, 0.2) is 18.2 Å². The van der Waals surface area contributed by atoms with E-state index < -0.39 is 22.3 Å². The van der Waals surface area contributed by atoms with Gasteiger partial charge in [0, 0.05) is 12.1 Å². The number of carboxylic acid groups (broad SMARTS) is 1. The first-order valence-electron chi connectivity index (χ1n) is 7.71. The van der Waals surface area contributed by atoms with Crippen molar-refractivity contribution in [1.82, 2.24) is 5.32 Å². The molecule has 1 aliphatic carbocycles. The zero-order chi connectivity index (χ0) is 17.9. The van der Waals surface area contributed by atoms with Gasteiger partial charge in [-0.3, -0.25) is 14.9 Å². The molecule has 7 nitrogen and oxygen atoms in total. The molecule has 1 aromatic rings. The number of amides is 1. The summed E-state index contributed by atoms with van der Waals surface area (Å²) in [4.78, 5) is 34.0. The molecule has 24 heavy (non-hydrogen) atoms. The molecule has 1 aromatic carbocycles. The average Bonchev–Trinajstić information content (AvgIpc) is 2.51. The Hall–Kier alpha value is -2.15. The fourth-order valence-corrected chi connectivity index (χ4v) is 3.17. The summed E-state index contributed by atoms with van der Waals surface area (Å²) in [6, 6.07) is 3.86. The van der Waals surface area contributed by atoms with Crippen LogP contribution in [0.1, 0.15) is 38.2 Å². The summed E-state index contributed by atoms with van der Waals surface area (Å²) in [5.41, 5.74) is -0.978. The van der Waals surface area contributed by atoms with E-state index in [1.54, 1.807) is 0 Å². The lowest BCUT2D eigenvalue weighted by Gasteiger charge is -2.36. The minimum absolute atomic E-state index is 0.112. The fourth-order valence-electron chi connectivity index (χ4n) is 2.92. The molecule has 2 rings (SSSR count). The second-order valence-electron chi connectivity index (χ2n) is 6.33. The Bertz CT molecular complexity index is 668. The van der Waals surface area contributed by atoms with Crippen LogP contribution in [0.25, 0.3) is 0 Å². The van der Waals surface area contributed by atoms with E-state index in [1.165, 1.54) is 18.2 Å². The summed E-state index contributed by atoms with van der Waals surface area (Å²) in [5, 5.41) is 23.0. The third-order valence-electron chi connectivity index (χ3n) is 4.51. The van der Waals surface area contributed by atoms with Gasteiger partial charge in [0.1, 0.15) is 5.54 Å². The molecule has 1 saturated carbocycles. The largest absolute Gasteiger partial charge is 0.480 e. The Balaban J connectivity index is 2.09. The van der Waals surface area contributed by atoms with Crippen LogP contribution in [0.2, 0.25) is 5.02 Å². The SMILES string of the molecule is CC1CCC(NC(=O)Cc2ccc([N+](=O)[O-])cc2Cl)(C(=O)O)CC1. The standard InChI is InChI=1S/C16H19ClN2O5/c1-10-4-6-16(7-5-10,15(21)22)18-14(20)8-11-2-3-12(19(23)24)9-13(11)17/h2-3,9-10H,4-8H2,1H3,(H,18,20)(H,21,22). The zero-order valence-electron chi connectivity index (χ0n) is 13.3. The molecule has 0 atom stereocenters. The molecule has 0 spiro atoms. The van der Waals surface area contributed by atoms with Crippen molar-refractivity contribution in [2.75, 3.05) is 0 Å². The molecule has 0 bridgehead atoms. The number of halogens is 1. The molecule has 0 unspecified atom stereocenters. The molecule has 1 fully saturated rings. The minimum atomic E-state index is -1.24. The number of aliphatic carboxylic acids is 1. The highest BCUT2D eigenvalue weighted by Gasteiger charge is 2.42. The second kappa shape index (κ2) is 7.17. The number of hydrogen-bond donors (Lipinski definition) is 2. The summed E-state index contributed by atoms with van der Waals surface area (Å²) < 4.78 is 0. The van der Waals surface area contributed by atoms with Gasteiger partial charge in [-0.05, 0) is 37.2 Å². The van der Waals surface area contributed by atoms with Crippen molar-refractivity contribution in [3.05, 3.63) is 38.9 Å². The first-order valence-corrected chi connectivity index (χ1v) is 8.08. The molecule has 8 heteroatoms. The molecule has 0 radical (unpaired) electrons. The van der Waals surface area contributed by atoms with E-state index >= 15 is 0 Å². The van der Waals surface area contributed by atoms with Crippen molar-refractivity contribution < 1.29 is 19.6 Å². The Morgan fingerprint density at radius 2 is 2.04 bits per heavy atom. The summed E-state index contributed by atoms with van der Waals surface area (Å²) in [7, 11) is 0. The molecule has 2 N–H and O–H groups in total. The number of hydrogen-bond acceptors (Lipinski definition) is 4. The zero-order valence-corrected chi connectivity index (χ0v) is 14.0.